The van der Waals surface area contributed by atoms with Crippen molar-refractivity contribution < 1.29 is 4.74 Å². The van der Waals surface area contributed by atoms with E-state index in [1.807, 2.05) is 12.1 Å². The summed E-state index contributed by atoms with van der Waals surface area (Å²) in [5, 5.41) is 2.25. The van der Waals surface area contributed by atoms with Crippen molar-refractivity contribution in [2.45, 2.75) is 45.1 Å². The van der Waals surface area contributed by atoms with Crippen molar-refractivity contribution in [3.05, 3.63) is 64.3 Å². The predicted molar refractivity (Wildman–Crippen MR) is 113 cm³/mol. The average molecular weight is 379 g/mol. The molecular weight excluding hydrogens is 352 g/mol. The molecule has 0 saturated heterocycles. The number of hydrogen-bond donors (Lipinski definition) is 0. The molecule has 1 aliphatic carbocycles. The maximum absolute atomic E-state index is 5.32. The third-order valence-electron chi connectivity index (χ3n) is 5.33. The Kier molecular flexibility index (Phi) is 5.44. The van der Waals surface area contributed by atoms with E-state index < -0.39 is 0 Å². The summed E-state index contributed by atoms with van der Waals surface area (Å²) in [6.45, 7) is 2.11. The van der Waals surface area contributed by atoms with Crippen LogP contribution in [0.2, 0.25) is 0 Å². The first-order valence-corrected chi connectivity index (χ1v) is 10.6. The minimum atomic E-state index is 0.534. The van der Waals surface area contributed by atoms with E-state index in [4.69, 9.17) is 9.73 Å². The van der Waals surface area contributed by atoms with Crippen LogP contribution in [0.3, 0.4) is 0 Å². The summed E-state index contributed by atoms with van der Waals surface area (Å²) in [6.07, 6.45) is 6.44. The van der Waals surface area contributed by atoms with Gasteiger partial charge in [-0.25, -0.2) is 4.99 Å². The van der Waals surface area contributed by atoms with Crippen LogP contribution in [0.1, 0.15) is 43.7 Å². The molecule has 0 bridgehead atoms. The number of aryl methyl sites for hydroxylation is 1. The van der Waals surface area contributed by atoms with Gasteiger partial charge in [0.2, 0.25) is 0 Å². The summed E-state index contributed by atoms with van der Waals surface area (Å²) in [4.78, 5) is 6.09. The van der Waals surface area contributed by atoms with Gasteiger partial charge in [0.15, 0.2) is 4.80 Å². The van der Waals surface area contributed by atoms with E-state index in [1.54, 1.807) is 18.4 Å². The summed E-state index contributed by atoms with van der Waals surface area (Å²) in [5.74, 6) is 0.891. The van der Waals surface area contributed by atoms with Gasteiger partial charge in [-0.3, -0.25) is 0 Å². The third kappa shape index (κ3) is 4.01. The van der Waals surface area contributed by atoms with E-state index in [2.05, 4.69) is 53.3 Å². The quantitative estimate of drug-likeness (QED) is 0.525. The van der Waals surface area contributed by atoms with E-state index in [0.29, 0.717) is 6.04 Å². The van der Waals surface area contributed by atoms with Gasteiger partial charge in [-0.2, -0.15) is 0 Å². The molecule has 4 heteroatoms. The van der Waals surface area contributed by atoms with Crippen LogP contribution >= 0.6 is 11.3 Å². The summed E-state index contributed by atoms with van der Waals surface area (Å²) in [6, 6.07) is 17.4. The molecule has 4 rings (SSSR count). The molecule has 0 atom stereocenters. The van der Waals surface area contributed by atoms with Gasteiger partial charge in [0.05, 0.1) is 18.5 Å². The second-order valence-corrected chi connectivity index (χ2v) is 8.08. The molecule has 3 nitrogen and oxygen atoms in total. The smallest absolute Gasteiger partial charge is 0.190 e. The number of aromatic nitrogens is 1. The molecule has 1 aliphatic rings. The van der Waals surface area contributed by atoms with Crippen LogP contribution in [0.25, 0.3) is 11.3 Å². The van der Waals surface area contributed by atoms with Crippen molar-refractivity contribution in [1.82, 2.24) is 4.57 Å². The van der Waals surface area contributed by atoms with Gasteiger partial charge in [0.1, 0.15) is 5.75 Å². The zero-order valence-corrected chi connectivity index (χ0v) is 16.8. The first-order chi connectivity index (χ1) is 13.2. The molecule has 3 aromatic rings. The van der Waals surface area contributed by atoms with Gasteiger partial charge < -0.3 is 9.30 Å². The Hall–Kier alpha value is -2.33. The molecule has 0 aliphatic heterocycles. The zero-order chi connectivity index (χ0) is 18.6. The number of benzene rings is 2. The van der Waals surface area contributed by atoms with Crippen LogP contribution in [-0.2, 0) is 0 Å². The van der Waals surface area contributed by atoms with Crippen molar-refractivity contribution in [2.75, 3.05) is 7.11 Å². The number of ether oxygens (including phenoxy) is 1. The molecule has 0 amide bonds. The minimum Gasteiger partial charge on any atom is -0.497 e. The first-order valence-electron chi connectivity index (χ1n) is 9.70. The van der Waals surface area contributed by atoms with E-state index in [1.165, 1.54) is 48.9 Å². The molecule has 0 unspecified atom stereocenters. The van der Waals surface area contributed by atoms with Crippen molar-refractivity contribution >= 4 is 17.0 Å². The highest BCUT2D eigenvalue weighted by atomic mass is 32.1. The number of hydrogen-bond acceptors (Lipinski definition) is 3. The SMILES string of the molecule is COc1ccc(-c2csc(=Nc3ccc(C)cc3)n2C2CCCCC2)cc1. The van der Waals surface area contributed by atoms with E-state index in [9.17, 15) is 0 Å². The minimum absolute atomic E-state index is 0.534. The number of nitrogens with zero attached hydrogens (tertiary/aromatic N) is 2. The fourth-order valence-electron chi connectivity index (χ4n) is 3.80. The first kappa shape index (κ1) is 18.1. The normalized spacial score (nSPS) is 15.9. The Bertz CT molecular complexity index is 945. The Morgan fingerprint density at radius 3 is 2.33 bits per heavy atom. The van der Waals surface area contributed by atoms with E-state index in [0.717, 1.165) is 16.2 Å². The van der Waals surface area contributed by atoms with Crippen molar-refractivity contribution in [1.29, 1.82) is 0 Å². The highest BCUT2D eigenvalue weighted by Crippen LogP contribution is 2.33. The van der Waals surface area contributed by atoms with E-state index in [-0.39, 0.29) is 0 Å². The van der Waals surface area contributed by atoms with Crippen LogP contribution in [0.5, 0.6) is 5.75 Å². The lowest BCUT2D eigenvalue weighted by molar-refractivity contribution is 0.351. The summed E-state index contributed by atoms with van der Waals surface area (Å²) >= 11 is 1.74. The second kappa shape index (κ2) is 8.13. The highest BCUT2D eigenvalue weighted by Gasteiger charge is 2.20. The molecule has 0 N–H and O–H groups in total. The van der Waals surface area contributed by atoms with Crippen LogP contribution in [0.4, 0.5) is 5.69 Å². The van der Waals surface area contributed by atoms with Crippen molar-refractivity contribution in [2.24, 2.45) is 4.99 Å². The number of rotatable bonds is 4. The molecule has 1 fully saturated rings. The van der Waals surface area contributed by atoms with Crippen molar-refractivity contribution in [3.8, 4) is 17.0 Å². The van der Waals surface area contributed by atoms with Crippen LogP contribution < -0.4 is 9.54 Å². The molecule has 1 heterocycles. The number of thiazole rings is 1. The van der Waals surface area contributed by atoms with Crippen LogP contribution in [-0.4, -0.2) is 11.7 Å². The van der Waals surface area contributed by atoms with Crippen LogP contribution in [0.15, 0.2) is 58.9 Å². The Balaban J connectivity index is 1.81. The summed E-state index contributed by atoms with van der Waals surface area (Å²) < 4.78 is 7.80. The third-order valence-corrected chi connectivity index (χ3v) is 6.17. The number of methoxy groups -OCH3 is 1. The summed E-state index contributed by atoms with van der Waals surface area (Å²) in [5.41, 5.74) is 4.77. The van der Waals surface area contributed by atoms with Gasteiger partial charge in [0, 0.05) is 11.4 Å². The average Bonchev–Trinajstić information content (AvgIpc) is 3.14. The molecule has 1 aromatic heterocycles. The van der Waals surface area contributed by atoms with Gasteiger partial charge in [0.25, 0.3) is 0 Å². The standard InChI is InChI=1S/C23H26N2OS/c1-17-8-12-19(13-9-17)24-23-25(20-6-4-3-5-7-20)22(16-27-23)18-10-14-21(26-2)15-11-18/h8-16,20H,3-7H2,1-2H3. The lowest BCUT2D eigenvalue weighted by atomic mass is 9.95. The predicted octanol–water partition coefficient (Wildman–Crippen LogP) is 6.27. The fraction of sp³-hybridized carbons (Fsp3) is 0.348. The Labute approximate surface area is 165 Å². The lowest BCUT2D eigenvalue weighted by Gasteiger charge is -2.25. The lowest BCUT2D eigenvalue weighted by Crippen LogP contribution is -2.23. The molecule has 27 heavy (non-hydrogen) atoms. The highest BCUT2D eigenvalue weighted by molar-refractivity contribution is 7.07. The molecular formula is C23H26N2OS. The largest absolute Gasteiger partial charge is 0.497 e. The van der Waals surface area contributed by atoms with Crippen LogP contribution in [0, 0.1) is 6.92 Å². The fourth-order valence-corrected chi connectivity index (χ4v) is 4.78. The zero-order valence-electron chi connectivity index (χ0n) is 16.0. The second-order valence-electron chi connectivity index (χ2n) is 7.24. The monoisotopic (exact) mass is 378 g/mol. The van der Waals surface area contributed by atoms with Crippen molar-refractivity contribution in [3.63, 3.8) is 0 Å². The van der Waals surface area contributed by atoms with E-state index >= 15 is 0 Å². The maximum Gasteiger partial charge on any atom is 0.190 e. The summed E-state index contributed by atoms with van der Waals surface area (Å²) in [7, 11) is 1.71. The molecule has 0 radical (unpaired) electrons. The Morgan fingerprint density at radius 1 is 0.963 bits per heavy atom. The van der Waals surface area contributed by atoms with Gasteiger partial charge in [-0.05, 0) is 61.7 Å². The maximum atomic E-state index is 5.32. The molecule has 1 saturated carbocycles. The topological polar surface area (TPSA) is 26.5 Å². The molecule has 2 aromatic carbocycles. The molecule has 140 valence electrons. The van der Waals surface area contributed by atoms with Gasteiger partial charge in [-0.1, -0.05) is 37.0 Å². The molecule has 0 spiro atoms. The Morgan fingerprint density at radius 2 is 1.67 bits per heavy atom. The van der Waals surface area contributed by atoms with Gasteiger partial charge in [-0.15, -0.1) is 11.3 Å². The van der Waals surface area contributed by atoms with Gasteiger partial charge >= 0.3 is 0 Å².